The van der Waals surface area contributed by atoms with E-state index in [0.29, 0.717) is 13.2 Å². The average molecular weight is 233 g/mol. The number of hydrogen-bond acceptors (Lipinski definition) is 3. The van der Waals surface area contributed by atoms with E-state index in [-0.39, 0.29) is 0 Å². The topological polar surface area (TPSA) is 30.5 Å². The molecule has 1 aromatic rings. The third kappa shape index (κ3) is 2.80. The van der Waals surface area contributed by atoms with Crippen molar-refractivity contribution in [3.8, 4) is 11.5 Å². The minimum atomic E-state index is 0.654. The van der Waals surface area contributed by atoms with Crippen molar-refractivity contribution in [3.05, 3.63) is 29.8 Å². The fraction of sp³-hybridized carbons (Fsp3) is 0.429. The van der Waals surface area contributed by atoms with E-state index in [0.717, 1.165) is 24.6 Å². The zero-order chi connectivity index (χ0) is 12.1. The Morgan fingerprint density at radius 2 is 1.88 bits per heavy atom. The predicted molar refractivity (Wildman–Crippen MR) is 69.6 cm³/mol. The smallest absolute Gasteiger partial charge is 0.161 e. The Morgan fingerprint density at radius 3 is 2.53 bits per heavy atom. The fourth-order valence-electron chi connectivity index (χ4n) is 1.95. The van der Waals surface area contributed by atoms with Crippen LogP contribution in [-0.4, -0.2) is 26.3 Å². The summed E-state index contributed by atoms with van der Waals surface area (Å²) in [6.07, 6.45) is 2.21. The summed E-state index contributed by atoms with van der Waals surface area (Å²) in [5.41, 5.74) is 2.54. The van der Waals surface area contributed by atoms with Crippen LogP contribution in [0, 0.1) is 0 Å². The lowest BCUT2D eigenvalue weighted by atomic mass is 10.1. The van der Waals surface area contributed by atoms with Crippen molar-refractivity contribution in [1.29, 1.82) is 0 Å². The van der Waals surface area contributed by atoms with E-state index in [9.17, 15) is 0 Å². The molecule has 2 rings (SSSR count). The van der Waals surface area contributed by atoms with Gasteiger partial charge in [-0.25, -0.2) is 0 Å². The lowest BCUT2D eigenvalue weighted by Gasteiger charge is -2.12. The molecule has 1 aromatic carbocycles. The molecule has 0 radical (unpaired) electrons. The molecule has 92 valence electrons. The SMILES string of the molecule is CCOc1ccc(C2=CCNC2)cc1OCC. The molecule has 0 saturated carbocycles. The minimum Gasteiger partial charge on any atom is -0.490 e. The zero-order valence-corrected chi connectivity index (χ0v) is 10.5. The first-order valence-corrected chi connectivity index (χ1v) is 6.15. The Morgan fingerprint density at radius 1 is 1.12 bits per heavy atom. The number of rotatable bonds is 5. The maximum Gasteiger partial charge on any atom is 0.161 e. The summed E-state index contributed by atoms with van der Waals surface area (Å²) in [6, 6.07) is 6.14. The van der Waals surface area contributed by atoms with Crippen molar-refractivity contribution in [3.63, 3.8) is 0 Å². The third-order valence-electron chi connectivity index (χ3n) is 2.72. The van der Waals surface area contributed by atoms with Gasteiger partial charge in [0, 0.05) is 13.1 Å². The van der Waals surface area contributed by atoms with E-state index >= 15 is 0 Å². The summed E-state index contributed by atoms with van der Waals surface area (Å²) < 4.78 is 11.2. The first kappa shape index (κ1) is 12.0. The van der Waals surface area contributed by atoms with Gasteiger partial charge in [-0.15, -0.1) is 0 Å². The second-order valence-electron chi connectivity index (χ2n) is 3.89. The molecule has 0 spiro atoms. The Kier molecular flexibility index (Phi) is 4.04. The summed E-state index contributed by atoms with van der Waals surface area (Å²) in [7, 11) is 0. The predicted octanol–water partition coefficient (Wildman–Crippen LogP) is 2.47. The van der Waals surface area contributed by atoms with Crippen LogP contribution in [0.15, 0.2) is 24.3 Å². The third-order valence-corrected chi connectivity index (χ3v) is 2.72. The quantitative estimate of drug-likeness (QED) is 0.847. The second-order valence-corrected chi connectivity index (χ2v) is 3.89. The van der Waals surface area contributed by atoms with Gasteiger partial charge >= 0.3 is 0 Å². The summed E-state index contributed by atoms with van der Waals surface area (Å²) >= 11 is 0. The highest BCUT2D eigenvalue weighted by Crippen LogP contribution is 2.31. The maximum absolute atomic E-state index is 5.62. The van der Waals surface area contributed by atoms with Gasteiger partial charge in [0.05, 0.1) is 13.2 Å². The van der Waals surface area contributed by atoms with Gasteiger partial charge in [0.15, 0.2) is 11.5 Å². The molecule has 1 aliphatic heterocycles. The van der Waals surface area contributed by atoms with Crippen LogP contribution in [-0.2, 0) is 0 Å². The Labute approximate surface area is 102 Å². The largest absolute Gasteiger partial charge is 0.490 e. The molecule has 0 atom stereocenters. The molecule has 0 unspecified atom stereocenters. The van der Waals surface area contributed by atoms with Gasteiger partial charge in [0.25, 0.3) is 0 Å². The first-order chi connectivity index (χ1) is 8.35. The molecule has 0 aromatic heterocycles. The Hall–Kier alpha value is -1.48. The van der Waals surface area contributed by atoms with Crippen LogP contribution in [0.4, 0.5) is 0 Å². The molecule has 0 saturated heterocycles. The molecule has 0 fully saturated rings. The molecule has 3 heteroatoms. The monoisotopic (exact) mass is 233 g/mol. The lowest BCUT2D eigenvalue weighted by molar-refractivity contribution is 0.287. The van der Waals surface area contributed by atoms with E-state index in [1.54, 1.807) is 0 Å². The van der Waals surface area contributed by atoms with E-state index in [1.807, 2.05) is 19.9 Å². The van der Waals surface area contributed by atoms with Crippen LogP contribution in [0.2, 0.25) is 0 Å². The van der Waals surface area contributed by atoms with Gasteiger partial charge in [0.1, 0.15) is 0 Å². The van der Waals surface area contributed by atoms with Crippen LogP contribution >= 0.6 is 0 Å². The van der Waals surface area contributed by atoms with Crippen LogP contribution in [0.5, 0.6) is 11.5 Å². The van der Waals surface area contributed by atoms with E-state index in [4.69, 9.17) is 9.47 Å². The van der Waals surface area contributed by atoms with Crippen LogP contribution in [0.3, 0.4) is 0 Å². The molecule has 17 heavy (non-hydrogen) atoms. The number of nitrogens with one attached hydrogen (secondary N) is 1. The highest BCUT2D eigenvalue weighted by atomic mass is 16.5. The molecular formula is C14H19NO2. The number of benzene rings is 1. The van der Waals surface area contributed by atoms with Gasteiger partial charge in [0.2, 0.25) is 0 Å². The zero-order valence-electron chi connectivity index (χ0n) is 10.5. The molecular weight excluding hydrogens is 214 g/mol. The normalized spacial score (nSPS) is 14.6. The molecule has 1 heterocycles. The lowest BCUT2D eigenvalue weighted by Crippen LogP contribution is -2.07. The summed E-state index contributed by atoms with van der Waals surface area (Å²) in [5.74, 6) is 1.66. The van der Waals surface area contributed by atoms with E-state index < -0.39 is 0 Å². The maximum atomic E-state index is 5.62. The molecule has 0 amide bonds. The minimum absolute atomic E-state index is 0.654. The summed E-state index contributed by atoms with van der Waals surface area (Å²) in [5, 5.41) is 3.30. The first-order valence-electron chi connectivity index (χ1n) is 6.15. The molecule has 0 aliphatic carbocycles. The van der Waals surface area contributed by atoms with Crippen molar-refractivity contribution in [1.82, 2.24) is 5.32 Å². The van der Waals surface area contributed by atoms with Gasteiger partial charge in [-0.2, -0.15) is 0 Å². The standard InChI is InChI=1S/C14H19NO2/c1-3-16-13-6-5-11(9-14(13)17-4-2)12-7-8-15-10-12/h5-7,9,15H,3-4,8,10H2,1-2H3. The molecule has 1 aliphatic rings. The van der Waals surface area contributed by atoms with Crippen LogP contribution < -0.4 is 14.8 Å². The van der Waals surface area contributed by atoms with Gasteiger partial charge < -0.3 is 14.8 Å². The van der Waals surface area contributed by atoms with Gasteiger partial charge in [-0.3, -0.25) is 0 Å². The van der Waals surface area contributed by atoms with Crippen molar-refractivity contribution in [2.24, 2.45) is 0 Å². The van der Waals surface area contributed by atoms with E-state index in [2.05, 4.69) is 23.5 Å². The van der Waals surface area contributed by atoms with Crippen LogP contribution in [0.25, 0.3) is 5.57 Å². The molecule has 1 N–H and O–H groups in total. The molecule has 3 nitrogen and oxygen atoms in total. The van der Waals surface area contributed by atoms with Crippen molar-refractivity contribution < 1.29 is 9.47 Å². The second kappa shape index (κ2) is 5.73. The summed E-state index contributed by atoms with van der Waals surface area (Å²) in [6.45, 7) is 7.16. The molecule has 0 bridgehead atoms. The van der Waals surface area contributed by atoms with Crippen molar-refractivity contribution in [2.75, 3.05) is 26.3 Å². The number of hydrogen-bond donors (Lipinski definition) is 1. The van der Waals surface area contributed by atoms with Gasteiger partial charge in [-0.05, 0) is 37.1 Å². The number of ether oxygens (including phenoxy) is 2. The van der Waals surface area contributed by atoms with Gasteiger partial charge in [-0.1, -0.05) is 12.1 Å². The summed E-state index contributed by atoms with van der Waals surface area (Å²) in [4.78, 5) is 0. The Bertz CT molecular complexity index is 413. The van der Waals surface area contributed by atoms with Crippen molar-refractivity contribution in [2.45, 2.75) is 13.8 Å². The fourth-order valence-corrected chi connectivity index (χ4v) is 1.95. The van der Waals surface area contributed by atoms with E-state index in [1.165, 1.54) is 11.1 Å². The Balaban J connectivity index is 2.27. The highest BCUT2D eigenvalue weighted by molar-refractivity contribution is 5.71. The average Bonchev–Trinajstić information content (AvgIpc) is 2.85. The van der Waals surface area contributed by atoms with Crippen LogP contribution in [0.1, 0.15) is 19.4 Å². The highest BCUT2D eigenvalue weighted by Gasteiger charge is 2.11. The van der Waals surface area contributed by atoms with Crippen molar-refractivity contribution >= 4 is 5.57 Å².